The van der Waals surface area contributed by atoms with Crippen molar-refractivity contribution < 1.29 is 38.9 Å². The van der Waals surface area contributed by atoms with Gasteiger partial charge >= 0.3 is 17.9 Å². The number of carbonyl (C=O) groups excluding carboxylic acids is 3. The van der Waals surface area contributed by atoms with Gasteiger partial charge in [-0.25, -0.2) is 0 Å². The summed E-state index contributed by atoms with van der Waals surface area (Å²) >= 11 is 1.03. The van der Waals surface area contributed by atoms with Crippen LogP contribution in [0.3, 0.4) is 0 Å². The molecule has 154 valence electrons. The van der Waals surface area contributed by atoms with Gasteiger partial charge in [0.25, 0.3) is 0 Å². The van der Waals surface area contributed by atoms with Crippen LogP contribution in [0, 0.1) is 0 Å². The maximum atomic E-state index is 12.0. The molecule has 0 aliphatic carbocycles. The van der Waals surface area contributed by atoms with E-state index in [9.17, 15) is 24.0 Å². The Morgan fingerprint density at radius 2 is 1.78 bits per heavy atom. The van der Waals surface area contributed by atoms with E-state index in [0.29, 0.717) is 0 Å². The lowest BCUT2D eigenvalue weighted by molar-refractivity contribution is -0.144. The van der Waals surface area contributed by atoms with Crippen LogP contribution in [0.25, 0.3) is 0 Å². The van der Waals surface area contributed by atoms with Crippen LogP contribution in [-0.4, -0.2) is 76.2 Å². The Kier molecular flexibility index (Phi) is 11.8. The topological polar surface area (TPSA) is 185 Å². The van der Waals surface area contributed by atoms with Gasteiger partial charge in [-0.05, 0) is 20.3 Å². The number of carboxylic acids is 2. The first kappa shape index (κ1) is 24.7. The Labute approximate surface area is 160 Å². The van der Waals surface area contributed by atoms with Crippen LogP contribution >= 0.6 is 11.8 Å². The van der Waals surface area contributed by atoms with Crippen molar-refractivity contribution in [1.82, 2.24) is 10.6 Å². The molecule has 12 heteroatoms. The lowest BCUT2D eigenvalue weighted by Gasteiger charge is -2.18. The number of carboxylic acid groups (broad SMARTS) is 2. The molecule has 0 rings (SSSR count). The summed E-state index contributed by atoms with van der Waals surface area (Å²) in [6.45, 7) is 2.74. The van der Waals surface area contributed by atoms with Crippen molar-refractivity contribution in [1.29, 1.82) is 0 Å². The molecule has 0 bridgehead atoms. The number of rotatable bonds is 13. The van der Waals surface area contributed by atoms with E-state index in [1.54, 1.807) is 13.8 Å². The molecule has 0 heterocycles. The van der Waals surface area contributed by atoms with Gasteiger partial charge in [0.15, 0.2) is 0 Å². The van der Waals surface area contributed by atoms with E-state index in [2.05, 4.69) is 10.6 Å². The molecule has 0 aliphatic heterocycles. The summed E-state index contributed by atoms with van der Waals surface area (Å²) in [5.41, 5.74) is 5.31. The van der Waals surface area contributed by atoms with Crippen molar-refractivity contribution in [2.45, 2.75) is 44.9 Å². The molecular formula is C15H25N3O8S. The highest BCUT2D eigenvalue weighted by Gasteiger charge is 2.23. The molecule has 0 spiro atoms. The number of esters is 1. The minimum absolute atomic E-state index is 0.00459. The molecular weight excluding hydrogens is 382 g/mol. The van der Waals surface area contributed by atoms with Crippen molar-refractivity contribution in [3.63, 3.8) is 0 Å². The summed E-state index contributed by atoms with van der Waals surface area (Å²) in [6.07, 6.45) is -0.639. The molecule has 0 fully saturated rings. The number of hydrogen-bond acceptors (Lipinski definition) is 8. The molecule has 6 N–H and O–H groups in total. The molecule has 0 aromatic rings. The van der Waals surface area contributed by atoms with Crippen molar-refractivity contribution in [3.8, 4) is 0 Å². The molecule has 2 atom stereocenters. The van der Waals surface area contributed by atoms with Crippen molar-refractivity contribution in [2.75, 3.05) is 18.1 Å². The number of thioether (sulfide) groups is 1. The van der Waals surface area contributed by atoms with Crippen LogP contribution in [0.5, 0.6) is 0 Å². The predicted octanol–water partition coefficient (Wildman–Crippen LogP) is -1.45. The summed E-state index contributed by atoms with van der Waals surface area (Å²) in [6, 6.07) is -2.31. The summed E-state index contributed by atoms with van der Waals surface area (Å²) in [4.78, 5) is 56.7. The van der Waals surface area contributed by atoms with Crippen LogP contribution in [-0.2, 0) is 28.7 Å². The maximum absolute atomic E-state index is 12.0. The molecule has 0 aliphatic rings. The summed E-state index contributed by atoms with van der Waals surface area (Å²) < 4.78 is 4.95. The number of hydrogen-bond donors (Lipinski definition) is 5. The van der Waals surface area contributed by atoms with Gasteiger partial charge in [-0.15, -0.1) is 11.8 Å². The zero-order chi connectivity index (χ0) is 21.0. The first-order valence-electron chi connectivity index (χ1n) is 8.07. The molecule has 11 nitrogen and oxygen atoms in total. The normalized spacial score (nSPS) is 12.7. The van der Waals surface area contributed by atoms with Gasteiger partial charge in [0.05, 0.1) is 11.9 Å². The molecule has 2 unspecified atom stereocenters. The first-order valence-corrected chi connectivity index (χ1v) is 9.22. The number of amides is 2. The van der Waals surface area contributed by atoms with Gasteiger partial charge in [-0.3, -0.25) is 24.0 Å². The van der Waals surface area contributed by atoms with Gasteiger partial charge in [-0.1, -0.05) is 0 Å². The first-order chi connectivity index (χ1) is 12.5. The number of nitrogens with one attached hydrogen (secondary N) is 2. The van der Waals surface area contributed by atoms with Crippen molar-refractivity contribution in [3.05, 3.63) is 0 Å². The minimum Gasteiger partial charge on any atom is -0.480 e. The number of carbonyl (C=O) groups is 5. The zero-order valence-electron chi connectivity index (χ0n) is 15.1. The van der Waals surface area contributed by atoms with Crippen LogP contribution in [0.2, 0.25) is 0 Å². The third-order valence-corrected chi connectivity index (χ3v) is 3.95. The summed E-state index contributed by atoms with van der Waals surface area (Å²) in [7, 11) is 0. The fourth-order valence-electron chi connectivity index (χ4n) is 1.70. The van der Waals surface area contributed by atoms with Gasteiger partial charge in [0, 0.05) is 12.2 Å². The van der Waals surface area contributed by atoms with Crippen molar-refractivity contribution >= 4 is 41.5 Å². The second-order valence-corrected chi connectivity index (χ2v) is 6.80. The molecule has 2 amide bonds. The van der Waals surface area contributed by atoms with Crippen LogP contribution in [0.1, 0.15) is 26.7 Å². The largest absolute Gasteiger partial charge is 0.480 e. The second-order valence-electron chi connectivity index (χ2n) is 5.77. The van der Waals surface area contributed by atoms with E-state index < -0.39 is 48.4 Å². The predicted molar refractivity (Wildman–Crippen MR) is 96.0 cm³/mol. The molecule has 0 saturated heterocycles. The zero-order valence-corrected chi connectivity index (χ0v) is 15.9. The average molecular weight is 407 g/mol. The van der Waals surface area contributed by atoms with Gasteiger partial charge in [0.2, 0.25) is 11.8 Å². The van der Waals surface area contributed by atoms with E-state index in [0.717, 1.165) is 11.8 Å². The highest BCUT2D eigenvalue weighted by Crippen LogP contribution is 2.06. The summed E-state index contributed by atoms with van der Waals surface area (Å²) in [5, 5.41) is 21.8. The molecule has 0 aromatic heterocycles. The SMILES string of the molecule is CC(C)OC(=O)CSCC(NC(=O)CCC(N)C(=O)O)C(=O)NCC(=O)O. The van der Waals surface area contributed by atoms with Gasteiger partial charge in [-0.2, -0.15) is 0 Å². The molecule has 0 aromatic carbocycles. The smallest absolute Gasteiger partial charge is 0.322 e. The maximum Gasteiger partial charge on any atom is 0.322 e. The molecule has 0 radical (unpaired) electrons. The lowest BCUT2D eigenvalue weighted by atomic mass is 10.1. The van der Waals surface area contributed by atoms with E-state index in [1.165, 1.54) is 0 Å². The Morgan fingerprint density at radius 1 is 1.15 bits per heavy atom. The van der Waals surface area contributed by atoms with Crippen molar-refractivity contribution in [2.24, 2.45) is 5.73 Å². The fraction of sp³-hybridized carbons (Fsp3) is 0.667. The molecule has 27 heavy (non-hydrogen) atoms. The third kappa shape index (κ3) is 12.6. The summed E-state index contributed by atoms with van der Waals surface area (Å²) in [5.74, 6) is -4.41. The number of nitrogens with two attached hydrogens (primary N) is 1. The van der Waals surface area contributed by atoms with E-state index in [-0.39, 0.29) is 30.5 Å². The number of ether oxygens (including phenoxy) is 1. The standard InChI is InChI=1S/C15H25N3O8S/c1-8(2)26-13(22)7-27-6-10(14(23)17-5-12(20)21)18-11(19)4-3-9(16)15(24)25/h8-10H,3-7,16H2,1-2H3,(H,17,23)(H,18,19)(H,20,21)(H,24,25). The van der Waals surface area contributed by atoms with Crippen LogP contribution in [0.4, 0.5) is 0 Å². The van der Waals surface area contributed by atoms with E-state index >= 15 is 0 Å². The van der Waals surface area contributed by atoms with E-state index in [1.807, 2.05) is 0 Å². The van der Waals surface area contributed by atoms with Crippen LogP contribution in [0.15, 0.2) is 0 Å². The lowest BCUT2D eigenvalue weighted by Crippen LogP contribution is -2.49. The second kappa shape index (κ2) is 12.9. The Bertz CT molecular complexity index is 555. The third-order valence-electron chi connectivity index (χ3n) is 2.94. The van der Waals surface area contributed by atoms with Crippen LogP contribution < -0.4 is 16.4 Å². The van der Waals surface area contributed by atoms with Gasteiger partial charge < -0.3 is 31.3 Å². The minimum atomic E-state index is -1.26. The highest BCUT2D eigenvalue weighted by molar-refractivity contribution is 8.00. The monoisotopic (exact) mass is 407 g/mol. The number of aliphatic carboxylic acids is 2. The highest BCUT2D eigenvalue weighted by atomic mass is 32.2. The Hall–Kier alpha value is -2.34. The molecule has 0 saturated carbocycles. The Balaban J connectivity index is 4.65. The quantitative estimate of drug-likeness (QED) is 0.226. The Morgan fingerprint density at radius 3 is 2.30 bits per heavy atom. The fourth-order valence-corrected chi connectivity index (χ4v) is 2.53. The van der Waals surface area contributed by atoms with E-state index in [4.69, 9.17) is 20.7 Å². The van der Waals surface area contributed by atoms with Gasteiger partial charge in [0.1, 0.15) is 18.6 Å². The average Bonchev–Trinajstić information content (AvgIpc) is 2.55.